The zero-order valence-electron chi connectivity index (χ0n) is 49.6. The molecule has 9 aromatic rings. The van der Waals surface area contributed by atoms with Crippen LogP contribution in [-0.2, 0) is 12.8 Å². The van der Waals surface area contributed by atoms with Gasteiger partial charge in [0.15, 0.2) is 0 Å². The lowest BCUT2D eigenvalue weighted by atomic mass is 9.84. The molecule has 0 spiro atoms. The van der Waals surface area contributed by atoms with Gasteiger partial charge >= 0.3 is 0 Å². The van der Waals surface area contributed by atoms with Crippen molar-refractivity contribution in [3.63, 3.8) is 0 Å². The van der Waals surface area contributed by atoms with E-state index < -0.39 is 0 Å². The highest BCUT2D eigenvalue weighted by Gasteiger charge is 2.18. The Morgan fingerprint density at radius 2 is 1.05 bits per heavy atom. The van der Waals surface area contributed by atoms with Crippen molar-refractivity contribution < 1.29 is 0 Å². The van der Waals surface area contributed by atoms with Crippen molar-refractivity contribution in [2.75, 3.05) is 6.54 Å². The van der Waals surface area contributed by atoms with E-state index in [0.717, 1.165) is 31.4 Å². The Kier molecular flexibility index (Phi) is 22.3. The normalized spacial score (nSPS) is 15.6. The number of benzene rings is 8. The van der Waals surface area contributed by atoms with E-state index in [9.17, 15) is 0 Å². The summed E-state index contributed by atoms with van der Waals surface area (Å²) in [7, 11) is 0. The first kappa shape index (κ1) is 59.4. The first-order valence-corrected chi connectivity index (χ1v) is 29.3. The number of allylic oxidation sites excluding steroid dienone is 8. The van der Waals surface area contributed by atoms with Crippen LogP contribution in [-0.4, -0.2) is 17.7 Å². The molecule has 12 rings (SSSR count). The van der Waals surface area contributed by atoms with Crippen molar-refractivity contribution in [2.45, 2.75) is 81.1 Å². The molecule has 2 heterocycles. The van der Waals surface area contributed by atoms with Gasteiger partial charge in [0.05, 0.1) is 0 Å². The highest BCUT2D eigenvalue weighted by atomic mass is 14.7. The lowest BCUT2D eigenvalue weighted by molar-refractivity contribution is 0.637. The quantitative estimate of drug-likeness (QED) is 0.141. The van der Waals surface area contributed by atoms with Crippen LogP contribution in [0.4, 0.5) is 0 Å². The highest BCUT2D eigenvalue weighted by Crippen LogP contribution is 2.34. The molecule has 3 unspecified atom stereocenters. The van der Waals surface area contributed by atoms with Crippen molar-refractivity contribution in [3.05, 3.63) is 334 Å². The third-order valence-electron chi connectivity index (χ3n) is 15.3. The summed E-state index contributed by atoms with van der Waals surface area (Å²) in [6.07, 6.45) is 28.2. The molecule has 2 heteroatoms. The lowest BCUT2D eigenvalue weighted by Gasteiger charge is -2.22. The van der Waals surface area contributed by atoms with E-state index in [1.807, 2.05) is 61.1 Å². The maximum absolute atomic E-state index is 4.40. The van der Waals surface area contributed by atoms with Crippen molar-refractivity contribution in [3.8, 4) is 33.4 Å². The fraction of sp³-hybridized carbons (Fsp3) is 0.200. The largest absolute Gasteiger partial charge is 0.292 e. The van der Waals surface area contributed by atoms with E-state index in [2.05, 4.69) is 278 Å². The molecule has 0 radical (unpaired) electrons. The molecule has 0 fully saturated rings. The molecular formula is C80H82N2. The average Bonchev–Trinajstić information content (AvgIpc) is 3.58. The maximum Gasteiger partial charge on any atom is 0.0492 e. The average molecular weight is 1070 g/mol. The molecule has 3 aliphatic rings. The van der Waals surface area contributed by atoms with Crippen LogP contribution < -0.4 is 0 Å². The minimum atomic E-state index is 0.453. The van der Waals surface area contributed by atoms with Crippen molar-refractivity contribution in [2.24, 2.45) is 22.7 Å². The summed E-state index contributed by atoms with van der Waals surface area (Å²) in [5.74, 6) is 1.72. The lowest BCUT2D eigenvalue weighted by Crippen LogP contribution is -2.12. The van der Waals surface area contributed by atoms with E-state index in [-0.39, 0.29) is 0 Å². The van der Waals surface area contributed by atoms with Crippen LogP contribution in [0.1, 0.15) is 81.0 Å². The van der Waals surface area contributed by atoms with Gasteiger partial charge in [-0.2, -0.15) is 0 Å². The summed E-state index contributed by atoms with van der Waals surface area (Å²) >= 11 is 0. The minimum absolute atomic E-state index is 0.453. The SMILES string of the molecule is Cc1ccc(C)c(-c2ccccc2Cc2ccc(-c3cccnc3)cc2)c1.Cc1ccc(C2=CCC(C)C=C2)cc1.Cc1ccc(CC2C=CC(C3C=CC=NC3)=CC2)c(-c2ccccc2C)c1.Cc1ccccc1.Cc1ccccc1. The Balaban J connectivity index is 0.000000148. The molecule has 3 atom stereocenters. The number of hydrogen-bond acceptors (Lipinski definition) is 2. The first-order valence-electron chi connectivity index (χ1n) is 29.3. The van der Waals surface area contributed by atoms with E-state index in [1.165, 1.54) is 107 Å². The standard InChI is InChI=1S/C26H27N.C26H23N.C14H16.2C7H8/c1-19-9-12-23(26(16-19)25-8-4-3-6-20(25)2)17-21-10-13-22(14-11-21)24-7-5-15-27-18-24;1-19-9-10-20(2)26(16-19)25-8-4-3-6-23(25)17-21-11-13-22(14-12-21)24-7-5-15-27-18-24;1-11-3-7-13(8-4-11)14-9-5-12(2)6-10-14;2*1-7-5-3-2-4-6-7/h3-10,12-16,21,24H,11,17-18H2,1-2H3;3-16,18H,17H2,1-2H3;3-5,7-10,12H,6H2,1-2H3;2*2-6H,1H3. The van der Waals surface area contributed by atoms with Gasteiger partial charge in [0, 0.05) is 31.1 Å². The van der Waals surface area contributed by atoms with Gasteiger partial charge in [-0.1, -0.05) is 277 Å². The number of aromatic nitrogens is 1. The Bertz CT molecular complexity index is 3570. The van der Waals surface area contributed by atoms with Gasteiger partial charge < -0.3 is 0 Å². The van der Waals surface area contributed by atoms with Gasteiger partial charge in [0.25, 0.3) is 0 Å². The number of hydrogen-bond donors (Lipinski definition) is 0. The Morgan fingerprint density at radius 1 is 0.439 bits per heavy atom. The Hall–Kier alpha value is -8.72. The second-order valence-corrected chi connectivity index (χ2v) is 22.2. The van der Waals surface area contributed by atoms with Gasteiger partial charge in [0.1, 0.15) is 0 Å². The van der Waals surface area contributed by atoms with Crippen LogP contribution in [0.2, 0.25) is 0 Å². The number of nitrogens with zero attached hydrogens (tertiary/aromatic N) is 2. The summed E-state index contributed by atoms with van der Waals surface area (Å²) in [4.78, 5) is 8.61. The molecule has 1 aromatic heterocycles. The molecule has 0 bridgehead atoms. The monoisotopic (exact) mass is 1070 g/mol. The van der Waals surface area contributed by atoms with Crippen molar-refractivity contribution >= 4 is 11.8 Å². The van der Waals surface area contributed by atoms with E-state index in [4.69, 9.17) is 0 Å². The van der Waals surface area contributed by atoms with E-state index in [0.29, 0.717) is 17.8 Å². The fourth-order valence-corrected chi connectivity index (χ4v) is 10.4. The van der Waals surface area contributed by atoms with E-state index >= 15 is 0 Å². The number of aliphatic imine (C=N–C) groups is 1. The van der Waals surface area contributed by atoms with Gasteiger partial charge in [0.2, 0.25) is 0 Å². The van der Waals surface area contributed by atoms with Gasteiger partial charge in [-0.15, -0.1) is 0 Å². The van der Waals surface area contributed by atoms with Crippen LogP contribution in [0.3, 0.4) is 0 Å². The molecule has 1 aliphatic heterocycles. The second kappa shape index (κ2) is 30.8. The molecule has 2 nitrogen and oxygen atoms in total. The summed E-state index contributed by atoms with van der Waals surface area (Å²) in [5.41, 5.74) is 25.3. The smallest absolute Gasteiger partial charge is 0.0492 e. The Morgan fingerprint density at radius 3 is 1.65 bits per heavy atom. The number of aryl methyl sites for hydroxylation is 7. The summed E-state index contributed by atoms with van der Waals surface area (Å²) in [5, 5.41) is 0. The summed E-state index contributed by atoms with van der Waals surface area (Å²) in [6, 6.07) is 73.2. The fourth-order valence-electron chi connectivity index (χ4n) is 10.4. The zero-order valence-corrected chi connectivity index (χ0v) is 49.6. The zero-order chi connectivity index (χ0) is 57.5. The number of pyridine rings is 1. The molecule has 0 saturated heterocycles. The third-order valence-corrected chi connectivity index (χ3v) is 15.3. The van der Waals surface area contributed by atoms with Crippen LogP contribution in [0.5, 0.6) is 0 Å². The summed E-state index contributed by atoms with van der Waals surface area (Å²) in [6.45, 7) is 18.2. The molecule has 82 heavy (non-hydrogen) atoms. The topological polar surface area (TPSA) is 25.2 Å². The molecule has 2 aliphatic carbocycles. The molecular weight excluding hydrogens is 989 g/mol. The van der Waals surface area contributed by atoms with Crippen LogP contribution in [0, 0.1) is 66.2 Å². The van der Waals surface area contributed by atoms with Crippen molar-refractivity contribution in [1.82, 2.24) is 4.98 Å². The number of dihydropyridines is 1. The van der Waals surface area contributed by atoms with Crippen LogP contribution in [0.15, 0.2) is 278 Å². The second-order valence-electron chi connectivity index (χ2n) is 22.2. The third kappa shape index (κ3) is 18.1. The molecule has 0 amide bonds. The first-order chi connectivity index (χ1) is 39.9. The van der Waals surface area contributed by atoms with Crippen LogP contribution in [0.25, 0.3) is 39.0 Å². The Labute approximate surface area is 491 Å². The molecule has 0 saturated carbocycles. The maximum atomic E-state index is 4.40. The van der Waals surface area contributed by atoms with Gasteiger partial charge in [-0.3, -0.25) is 9.98 Å². The minimum Gasteiger partial charge on any atom is -0.292 e. The predicted molar refractivity (Wildman–Crippen MR) is 355 cm³/mol. The molecule has 0 N–H and O–H groups in total. The summed E-state index contributed by atoms with van der Waals surface area (Å²) < 4.78 is 0. The van der Waals surface area contributed by atoms with E-state index in [1.54, 1.807) is 0 Å². The van der Waals surface area contributed by atoms with Gasteiger partial charge in [-0.05, 0) is 176 Å². The van der Waals surface area contributed by atoms with Gasteiger partial charge in [-0.25, -0.2) is 0 Å². The van der Waals surface area contributed by atoms with Crippen LogP contribution >= 0.6 is 0 Å². The highest BCUT2D eigenvalue weighted by molar-refractivity contribution is 5.76. The number of rotatable bonds is 9. The molecule has 8 aromatic carbocycles. The van der Waals surface area contributed by atoms with Crippen molar-refractivity contribution in [1.29, 1.82) is 0 Å². The predicted octanol–water partition coefficient (Wildman–Crippen LogP) is 20.9. The molecule has 412 valence electrons.